The molecular formula is C20H23NO7. The summed E-state index contributed by atoms with van der Waals surface area (Å²) in [6.45, 7) is 4.11. The lowest BCUT2D eigenvalue weighted by Crippen LogP contribution is -2.21. The number of carbonyl (C=O) groups is 2. The Labute approximate surface area is 163 Å². The zero-order valence-electron chi connectivity index (χ0n) is 16.0. The highest BCUT2D eigenvalue weighted by atomic mass is 16.5. The van der Waals surface area contributed by atoms with Gasteiger partial charge in [0, 0.05) is 11.8 Å². The van der Waals surface area contributed by atoms with E-state index in [-0.39, 0.29) is 11.3 Å². The fourth-order valence-electron chi connectivity index (χ4n) is 2.34. The Morgan fingerprint density at radius 1 is 1.00 bits per heavy atom. The van der Waals surface area contributed by atoms with Crippen molar-refractivity contribution < 1.29 is 33.6 Å². The zero-order chi connectivity index (χ0) is 20.5. The molecular weight excluding hydrogens is 366 g/mol. The summed E-state index contributed by atoms with van der Waals surface area (Å²) in [6.07, 6.45) is 0. The summed E-state index contributed by atoms with van der Waals surface area (Å²) in [6, 6.07) is 9.11. The largest absolute Gasteiger partial charge is 0.507 e. The molecule has 0 aromatic heterocycles. The molecule has 0 saturated carbocycles. The summed E-state index contributed by atoms with van der Waals surface area (Å²) in [7, 11) is 1.43. The molecule has 8 nitrogen and oxygen atoms in total. The Balaban J connectivity index is 1.98. The van der Waals surface area contributed by atoms with E-state index in [0.29, 0.717) is 36.1 Å². The Morgan fingerprint density at radius 2 is 1.71 bits per heavy atom. The average molecular weight is 389 g/mol. The van der Waals surface area contributed by atoms with Crippen molar-refractivity contribution in [3.05, 3.63) is 42.0 Å². The van der Waals surface area contributed by atoms with Crippen LogP contribution in [0.5, 0.6) is 23.0 Å². The highest BCUT2D eigenvalue weighted by Crippen LogP contribution is 2.30. The molecule has 8 heteroatoms. The highest BCUT2D eigenvalue weighted by molar-refractivity contribution is 5.97. The fourth-order valence-corrected chi connectivity index (χ4v) is 2.34. The molecule has 28 heavy (non-hydrogen) atoms. The smallest absolute Gasteiger partial charge is 0.342 e. The summed E-state index contributed by atoms with van der Waals surface area (Å²) in [5.74, 6) is -0.190. The second kappa shape index (κ2) is 10.1. The molecule has 2 rings (SSSR count). The topological polar surface area (TPSA) is 103 Å². The minimum absolute atomic E-state index is 0.0909. The summed E-state index contributed by atoms with van der Waals surface area (Å²) >= 11 is 0. The lowest BCUT2D eigenvalue weighted by Gasteiger charge is -2.13. The van der Waals surface area contributed by atoms with Crippen LogP contribution in [0.2, 0.25) is 0 Å². The molecule has 0 radical (unpaired) electrons. The predicted octanol–water partition coefficient (Wildman–Crippen LogP) is 2.99. The van der Waals surface area contributed by atoms with E-state index in [2.05, 4.69) is 5.32 Å². The number of methoxy groups -OCH3 is 1. The zero-order valence-corrected chi connectivity index (χ0v) is 16.0. The van der Waals surface area contributed by atoms with Crippen molar-refractivity contribution in [3.63, 3.8) is 0 Å². The Hall–Kier alpha value is -3.42. The van der Waals surface area contributed by atoms with Gasteiger partial charge in [-0.15, -0.1) is 0 Å². The van der Waals surface area contributed by atoms with Gasteiger partial charge in [-0.25, -0.2) is 4.79 Å². The van der Waals surface area contributed by atoms with Crippen molar-refractivity contribution >= 4 is 17.6 Å². The van der Waals surface area contributed by atoms with E-state index in [9.17, 15) is 14.7 Å². The van der Waals surface area contributed by atoms with Gasteiger partial charge in [0.2, 0.25) is 0 Å². The summed E-state index contributed by atoms with van der Waals surface area (Å²) < 4.78 is 20.9. The van der Waals surface area contributed by atoms with Crippen molar-refractivity contribution in [3.8, 4) is 23.0 Å². The van der Waals surface area contributed by atoms with E-state index >= 15 is 0 Å². The Kier molecular flexibility index (Phi) is 7.50. The number of esters is 1. The number of aromatic hydroxyl groups is 1. The maximum atomic E-state index is 12.1. The van der Waals surface area contributed by atoms with E-state index in [0.717, 1.165) is 0 Å². The maximum Gasteiger partial charge on any atom is 0.342 e. The third-order valence-corrected chi connectivity index (χ3v) is 3.59. The van der Waals surface area contributed by atoms with Gasteiger partial charge < -0.3 is 29.4 Å². The van der Waals surface area contributed by atoms with Gasteiger partial charge in [-0.2, -0.15) is 0 Å². The molecule has 0 atom stereocenters. The van der Waals surface area contributed by atoms with Crippen molar-refractivity contribution in [2.24, 2.45) is 0 Å². The van der Waals surface area contributed by atoms with Crippen LogP contribution < -0.4 is 19.5 Å². The molecule has 0 aliphatic heterocycles. The number of phenols is 1. The van der Waals surface area contributed by atoms with E-state index in [1.54, 1.807) is 18.2 Å². The molecule has 0 spiro atoms. The maximum absolute atomic E-state index is 12.1. The van der Waals surface area contributed by atoms with Gasteiger partial charge >= 0.3 is 5.97 Å². The monoisotopic (exact) mass is 389 g/mol. The van der Waals surface area contributed by atoms with Crippen LogP contribution in [0.4, 0.5) is 5.69 Å². The Morgan fingerprint density at radius 3 is 2.39 bits per heavy atom. The van der Waals surface area contributed by atoms with Crippen LogP contribution in [0.3, 0.4) is 0 Å². The van der Waals surface area contributed by atoms with Crippen LogP contribution >= 0.6 is 0 Å². The minimum Gasteiger partial charge on any atom is -0.507 e. The quantitative estimate of drug-likeness (QED) is 0.636. The van der Waals surface area contributed by atoms with Crippen LogP contribution in [0.15, 0.2) is 36.4 Å². The minimum atomic E-state index is -0.840. The molecule has 0 unspecified atom stereocenters. The van der Waals surface area contributed by atoms with Crippen LogP contribution in [-0.4, -0.2) is 43.9 Å². The molecule has 2 aromatic rings. The normalized spacial score (nSPS) is 10.1. The number of carbonyl (C=O) groups excluding carboxylic acids is 2. The molecule has 0 heterocycles. The first-order valence-electron chi connectivity index (χ1n) is 8.72. The number of nitrogens with one attached hydrogen (secondary N) is 1. The first kappa shape index (κ1) is 20.9. The van der Waals surface area contributed by atoms with E-state index in [1.807, 2.05) is 13.8 Å². The molecule has 150 valence electrons. The first-order valence-corrected chi connectivity index (χ1v) is 8.72. The molecule has 2 N–H and O–H groups in total. The van der Waals surface area contributed by atoms with Gasteiger partial charge in [0.15, 0.2) is 18.1 Å². The number of benzene rings is 2. The standard InChI is InChI=1S/C20H23NO7/c1-4-26-17-9-6-13(10-18(17)27-5-2)21-19(23)12-28-20(24)15-11-14(25-3)7-8-16(15)22/h6-11,22H,4-5,12H2,1-3H3,(H,21,23). The van der Waals surface area contributed by atoms with Crippen molar-refractivity contribution in [1.29, 1.82) is 0 Å². The van der Waals surface area contributed by atoms with Gasteiger partial charge in [-0.05, 0) is 44.2 Å². The van der Waals surface area contributed by atoms with Crippen molar-refractivity contribution in [2.45, 2.75) is 13.8 Å². The van der Waals surface area contributed by atoms with Gasteiger partial charge in [0.05, 0.1) is 20.3 Å². The molecule has 0 saturated heterocycles. The SMILES string of the molecule is CCOc1ccc(NC(=O)COC(=O)c2cc(OC)ccc2O)cc1OCC. The third-order valence-electron chi connectivity index (χ3n) is 3.59. The Bertz CT molecular complexity index is 835. The number of hydrogen-bond acceptors (Lipinski definition) is 7. The summed E-state index contributed by atoms with van der Waals surface area (Å²) in [5, 5.41) is 12.4. The van der Waals surface area contributed by atoms with Crippen molar-refractivity contribution in [2.75, 3.05) is 32.2 Å². The fraction of sp³-hybridized carbons (Fsp3) is 0.300. The molecule has 2 aromatic carbocycles. The van der Waals surface area contributed by atoms with Gasteiger partial charge in [0.25, 0.3) is 5.91 Å². The number of hydrogen-bond donors (Lipinski definition) is 2. The van der Waals surface area contributed by atoms with Crippen LogP contribution in [0.1, 0.15) is 24.2 Å². The molecule has 0 bridgehead atoms. The second-order valence-corrected chi connectivity index (χ2v) is 5.53. The number of ether oxygens (including phenoxy) is 4. The molecule has 0 aliphatic carbocycles. The van der Waals surface area contributed by atoms with Crippen molar-refractivity contribution in [1.82, 2.24) is 0 Å². The highest BCUT2D eigenvalue weighted by Gasteiger charge is 2.16. The number of phenolic OH excluding ortho intramolecular Hbond substituents is 1. The molecule has 0 aliphatic rings. The molecule has 1 amide bonds. The van der Waals surface area contributed by atoms with Gasteiger partial charge in [-0.3, -0.25) is 4.79 Å². The second-order valence-electron chi connectivity index (χ2n) is 5.53. The van der Waals surface area contributed by atoms with E-state index in [1.165, 1.54) is 25.3 Å². The first-order chi connectivity index (χ1) is 13.5. The summed E-state index contributed by atoms with van der Waals surface area (Å²) in [4.78, 5) is 24.2. The van der Waals surface area contributed by atoms with Gasteiger partial charge in [-0.1, -0.05) is 0 Å². The van der Waals surface area contributed by atoms with Crippen LogP contribution in [-0.2, 0) is 9.53 Å². The lowest BCUT2D eigenvalue weighted by molar-refractivity contribution is -0.119. The predicted molar refractivity (Wildman–Crippen MR) is 102 cm³/mol. The number of rotatable bonds is 9. The third kappa shape index (κ3) is 5.54. The van der Waals surface area contributed by atoms with Crippen LogP contribution in [0, 0.1) is 0 Å². The summed E-state index contributed by atoms with van der Waals surface area (Å²) in [5.41, 5.74) is 0.379. The average Bonchev–Trinajstić information content (AvgIpc) is 2.69. The number of amides is 1. The van der Waals surface area contributed by atoms with Gasteiger partial charge in [0.1, 0.15) is 17.1 Å². The van der Waals surface area contributed by atoms with E-state index < -0.39 is 18.5 Å². The van der Waals surface area contributed by atoms with Crippen LogP contribution in [0.25, 0.3) is 0 Å². The lowest BCUT2D eigenvalue weighted by atomic mass is 10.2. The number of anilines is 1. The van der Waals surface area contributed by atoms with E-state index in [4.69, 9.17) is 18.9 Å². The molecule has 0 fully saturated rings.